The van der Waals surface area contributed by atoms with Crippen molar-refractivity contribution in [2.75, 3.05) is 30.7 Å². The lowest BCUT2D eigenvalue weighted by atomic mass is 10.1. The van der Waals surface area contributed by atoms with Crippen LogP contribution in [-0.2, 0) is 0 Å². The molecule has 1 fully saturated rings. The van der Waals surface area contributed by atoms with E-state index < -0.39 is 11.7 Å². The van der Waals surface area contributed by atoms with Crippen LogP contribution in [0.4, 0.5) is 15.8 Å². The Morgan fingerprint density at radius 1 is 1.55 bits per heavy atom. The van der Waals surface area contributed by atoms with Crippen molar-refractivity contribution in [2.45, 2.75) is 25.8 Å². The van der Waals surface area contributed by atoms with Gasteiger partial charge in [0.2, 0.25) is 0 Å². The number of carbonyl (C=O) groups is 1. The molecule has 1 aromatic rings. The molecule has 20 heavy (non-hydrogen) atoms. The molecule has 2 rings (SSSR count). The van der Waals surface area contributed by atoms with Crippen molar-refractivity contribution < 1.29 is 9.18 Å². The van der Waals surface area contributed by atoms with Crippen molar-refractivity contribution >= 4 is 17.3 Å². The number of anilines is 2. The molecule has 110 valence electrons. The number of likely N-dealkylation sites (N-methyl/N-ethyl adjacent to an activating group) is 1. The number of nitrogens with zero attached hydrogens (tertiary/aromatic N) is 1. The van der Waals surface area contributed by atoms with Gasteiger partial charge < -0.3 is 16.8 Å². The summed E-state index contributed by atoms with van der Waals surface area (Å²) in [4.78, 5) is 13.6. The van der Waals surface area contributed by atoms with Crippen molar-refractivity contribution in [3.05, 3.63) is 23.5 Å². The minimum Gasteiger partial charge on any atom is -0.398 e. The molecule has 1 aliphatic heterocycles. The molecule has 1 heterocycles. The molecule has 0 bridgehead atoms. The van der Waals surface area contributed by atoms with Crippen molar-refractivity contribution in [3.63, 3.8) is 0 Å². The second-order valence-corrected chi connectivity index (χ2v) is 5.09. The van der Waals surface area contributed by atoms with Gasteiger partial charge in [-0.05, 0) is 38.1 Å². The highest BCUT2D eigenvalue weighted by molar-refractivity contribution is 5.99. The predicted molar refractivity (Wildman–Crippen MR) is 78.1 cm³/mol. The number of carbonyl (C=O) groups excluding carboxylic acids is 1. The highest BCUT2D eigenvalue weighted by Crippen LogP contribution is 2.23. The van der Waals surface area contributed by atoms with Crippen LogP contribution in [0.2, 0.25) is 0 Å². The third kappa shape index (κ3) is 3.01. The van der Waals surface area contributed by atoms with Gasteiger partial charge in [-0.2, -0.15) is 0 Å². The van der Waals surface area contributed by atoms with Crippen molar-refractivity contribution in [2.24, 2.45) is 5.73 Å². The average molecular weight is 280 g/mol. The quantitative estimate of drug-likeness (QED) is 0.712. The third-order valence-corrected chi connectivity index (χ3v) is 3.84. The van der Waals surface area contributed by atoms with Crippen LogP contribution in [0.5, 0.6) is 0 Å². The number of hydrogen-bond acceptors (Lipinski definition) is 4. The Morgan fingerprint density at radius 2 is 2.30 bits per heavy atom. The topological polar surface area (TPSA) is 84.4 Å². The first-order valence-corrected chi connectivity index (χ1v) is 6.89. The van der Waals surface area contributed by atoms with Crippen LogP contribution in [0.15, 0.2) is 12.1 Å². The summed E-state index contributed by atoms with van der Waals surface area (Å²) in [6.45, 7) is 4.84. The lowest BCUT2D eigenvalue weighted by molar-refractivity contribution is 0.100. The second-order valence-electron chi connectivity index (χ2n) is 5.09. The van der Waals surface area contributed by atoms with Crippen molar-refractivity contribution in [1.29, 1.82) is 0 Å². The summed E-state index contributed by atoms with van der Waals surface area (Å²) in [5, 5.41) is 3.06. The molecule has 0 spiro atoms. The molecule has 5 nitrogen and oxygen atoms in total. The molecule has 5 N–H and O–H groups in total. The highest BCUT2D eigenvalue weighted by Gasteiger charge is 2.23. The highest BCUT2D eigenvalue weighted by atomic mass is 19.1. The molecule has 0 radical (unpaired) electrons. The van der Waals surface area contributed by atoms with Gasteiger partial charge in [0.05, 0.1) is 11.3 Å². The lowest BCUT2D eigenvalue weighted by Crippen LogP contribution is -2.34. The second kappa shape index (κ2) is 6.09. The molecule has 1 unspecified atom stereocenters. The predicted octanol–water partition coefficient (Wildman–Crippen LogP) is 1.40. The first-order chi connectivity index (χ1) is 9.52. The van der Waals surface area contributed by atoms with E-state index in [0.29, 0.717) is 12.6 Å². The van der Waals surface area contributed by atoms with Crippen LogP contribution in [-0.4, -0.2) is 36.5 Å². The first kappa shape index (κ1) is 14.6. The molecule has 0 saturated carbocycles. The smallest absolute Gasteiger partial charge is 0.250 e. The Kier molecular flexibility index (Phi) is 4.44. The standard InChI is InChI=1S/C14H21FN4O/c1-2-19-5-3-4-9(19)8-18-13-6-10(14(17)20)12(16)7-11(13)15/h6-7,9,18H,2-5,8,16H2,1H3,(H2,17,20). The summed E-state index contributed by atoms with van der Waals surface area (Å²) in [7, 11) is 0. The van der Waals surface area contributed by atoms with Crippen LogP contribution >= 0.6 is 0 Å². The third-order valence-electron chi connectivity index (χ3n) is 3.84. The molecular formula is C14H21FN4O. The fourth-order valence-electron chi connectivity index (χ4n) is 2.71. The normalized spacial score (nSPS) is 19.2. The summed E-state index contributed by atoms with van der Waals surface area (Å²) in [5.41, 5.74) is 11.3. The first-order valence-electron chi connectivity index (χ1n) is 6.89. The van der Waals surface area contributed by atoms with E-state index in [2.05, 4.69) is 17.1 Å². The zero-order valence-electron chi connectivity index (χ0n) is 11.7. The molecular weight excluding hydrogens is 259 g/mol. The summed E-state index contributed by atoms with van der Waals surface area (Å²) in [6.07, 6.45) is 2.26. The number of amides is 1. The summed E-state index contributed by atoms with van der Waals surface area (Å²) in [5.74, 6) is -1.12. The van der Waals surface area contributed by atoms with Crippen LogP contribution in [0.3, 0.4) is 0 Å². The molecule has 1 amide bonds. The summed E-state index contributed by atoms with van der Waals surface area (Å²) < 4.78 is 13.8. The van der Waals surface area contributed by atoms with Gasteiger partial charge in [0, 0.05) is 18.3 Å². The average Bonchev–Trinajstić information content (AvgIpc) is 2.84. The molecule has 1 aromatic carbocycles. The Balaban J connectivity index is 2.09. The van der Waals surface area contributed by atoms with Gasteiger partial charge in [-0.15, -0.1) is 0 Å². The fourth-order valence-corrected chi connectivity index (χ4v) is 2.71. The Bertz CT molecular complexity index is 506. The largest absolute Gasteiger partial charge is 0.398 e. The number of likely N-dealkylation sites (tertiary alicyclic amines) is 1. The molecule has 0 aromatic heterocycles. The number of nitrogens with two attached hydrogens (primary N) is 2. The van der Waals surface area contributed by atoms with E-state index >= 15 is 0 Å². The van der Waals surface area contributed by atoms with E-state index in [1.54, 1.807) is 0 Å². The number of nitrogens with one attached hydrogen (secondary N) is 1. The maximum atomic E-state index is 13.8. The fraction of sp³-hybridized carbons (Fsp3) is 0.500. The maximum Gasteiger partial charge on any atom is 0.250 e. The van der Waals surface area contributed by atoms with Gasteiger partial charge in [0.15, 0.2) is 0 Å². The number of rotatable bonds is 5. The maximum absolute atomic E-state index is 13.8. The zero-order chi connectivity index (χ0) is 14.7. The van der Waals surface area contributed by atoms with Crippen molar-refractivity contribution in [1.82, 2.24) is 4.90 Å². The van der Waals surface area contributed by atoms with E-state index in [-0.39, 0.29) is 16.9 Å². The van der Waals surface area contributed by atoms with E-state index in [0.717, 1.165) is 32.0 Å². The number of benzene rings is 1. The molecule has 1 atom stereocenters. The molecule has 1 aliphatic rings. The van der Waals surface area contributed by atoms with E-state index in [4.69, 9.17) is 11.5 Å². The van der Waals surface area contributed by atoms with Crippen LogP contribution in [0.1, 0.15) is 30.1 Å². The Labute approximate surface area is 118 Å². The van der Waals surface area contributed by atoms with E-state index in [1.165, 1.54) is 6.07 Å². The Morgan fingerprint density at radius 3 is 2.95 bits per heavy atom. The number of nitrogen functional groups attached to an aromatic ring is 1. The number of hydrogen-bond donors (Lipinski definition) is 3. The Hall–Kier alpha value is -1.82. The zero-order valence-corrected chi connectivity index (χ0v) is 11.7. The number of halogens is 1. The van der Waals surface area contributed by atoms with E-state index in [1.807, 2.05) is 0 Å². The monoisotopic (exact) mass is 280 g/mol. The minimum absolute atomic E-state index is 0.0663. The summed E-state index contributed by atoms with van der Waals surface area (Å²) in [6, 6.07) is 2.92. The van der Waals surface area contributed by atoms with Crippen LogP contribution in [0, 0.1) is 5.82 Å². The molecule has 1 saturated heterocycles. The van der Waals surface area contributed by atoms with E-state index in [9.17, 15) is 9.18 Å². The van der Waals surface area contributed by atoms with Gasteiger partial charge >= 0.3 is 0 Å². The van der Waals surface area contributed by atoms with Gasteiger partial charge in [-0.25, -0.2) is 4.39 Å². The van der Waals surface area contributed by atoms with Crippen molar-refractivity contribution in [3.8, 4) is 0 Å². The van der Waals surface area contributed by atoms with Gasteiger partial charge in [0.25, 0.3) is 5.91 Å². The van der Waals surface area contributed by atoms with Gasteiger partial charge in [0.1, 0.15) is 5.82 Å². The van der Waals surface area contributed by atoms with Crippen LogP contribution < -0.4 is 16.8 Å². The lowest BCUT2D eigenvalue weighted by Gasteiger charge is -2.23. The number of primary amides is 1. The van der Waals surface area contributed by atoms with Crippen LogP contribution in [0.25, 0.3) is 0 Å². The van der Waals surface area contributed by atoms with Gasteiger partial charge in [-0.3, -0.25) is 9.69 Å². The van der Waals surface area contributed by atoms with Gasteiger partial charge in [-0.1, -0.05) is 6.92 Å². The molecule has 6 heteroatoms. The summed E-state index contributed by atoms with van der Waals surface area (Å²) >= 11 is 0. The molecule has 0 aliphatic carbocycles. The minimum atomic E-state index is -0.651. The SMILES string of the molecule is CCN1CCCC1CNc1cc(C(N)=O)c(N)cc1F.